The van der Waals surface area contributed by atoms with Crippen LogP contribution in [0.5, 0.6) is 11.5 Å². The smallest absolute Gasteiger partial charge is 0.266 e. The molecule has 2 aromatic carbocycles. The molecule has 4 rings (SSSR count). The molecule has 0 N–H and O–H groups in total. The lowest BCUT2D eigenvalue weighted by Crippen LogP contribution is -2.47. The molecule has 0 spiro atoms. The first kappa shape index (κ1) is 21.1. The van der Waals surface area contributed by atoms with Gasteiger partial charge in [-0.1, -0.05) is 35.9 Å². The second-order valence-corrected chi connectivity index (χ2v) is 7.58. The van der Waals surface area contributed by atoms with Crippen LogP contribution in [0, 0.1) is 0 Å². The Morgan fingerprint density at radius 1 is 0.903 bits per heavy atom. The zero-order valence-corrected chi connectivity index (χ0v) is 18.2. The molecule has 1 aliphatic rings. The topological polar surface area (TPSA) is 59.8 Å². The minimum absolute atomic E-state index is 0.154. The van der Waals surface area contributed by atoms with Crippen LogP contribution in [0.15, 0.2) is 65.5 Å². The van der Waals surface area contributed by atoms with Crippen LogP contribution in [0.4, 0.5) is 11.5 Å². The van der Waals surface area contributed by atoms with E-state index in [2.05, 4.69) is 21.0 Å². The first-order valence-electron chi connectivity index (χ1n) is 10.2. The van der Waals surface area contributed by atoms with Crippen molar-refractivity contribution < 1.29 is 9.47 Å². The molecule has 7 nitrogen and oxygen atoms in total. The number of methoxy groups -OCH3 is 1. The molecule has 162 valence electrons. The zero-order chi connectivity index (χ0) is 21.6. The second-order valence-electron chi connectivity index (χ2n) is 7.18. The van der Waals surface area contributed by atoms with E-state index in [4.69, 9.17) is 21.1 Å². The van der Waals surface area contributed by atoms with E-state index in [-0.39, 0.29) is 5.56 Å². The third kappa shape index (κ3) is 4.94. The average molecular weight is 441 g/mol. The van der Waals surface area contributed by atoms with Gasteiger partial charge >= 0.3 is 0 Å². The van der Waals surface area contributed by atoms with Gasteiger partial charge < -0.3 is 19.3 Å². The van der Waals surface area contributed by atoms with E-state index in [0.29, 0.717) is 23.9 Å². The van der Waals surface area contributed by atoms with Crippen LogP contribution in [-0.4, -0.2) is 49.7 Å². The molecule has 8 heteroatoms. The Balaban J connectivity index is 1.38. The van der Waals surface area contributed by atoms with Crippen molar-refractivity contribution in [3.05, 3.63) is 76.0 Å². The summed E-state index contributed by atoms with van der Waals surface area (Å²) < 4.78 is 12.6. The van der Waals surface area contributed by atoms with Crippen LogP contribution in [0.25, 0.3) is 0 Å². The molecule has 0 amide bonds. The van der Waals surface area contributed by atoms with Gasteiger partial charge in [-0.25, -0.2) is 4.68 Å². The predicted molar refractivity (Wildman–Crippen MR) is 123 cm³/mol. The van der Waals surface area contributed by atoms with Gasteiger partial charge in [0.2, 0.25) is 0 Å². The number of rotatable bonds is 7. The minimum atomic E-state index is -0.154. The highest BCUT2D eigenvalue weighted by Crippen LogP contribution is 2.29. The maximum Gasteiger partial charge on any atom is 0.266 e. The Morgan fingerprint density at radius 3 is 2.32 bits per heavy atom. The van der Waals surface area contributed by atoms with Gasteiger partial charge in [0.15, 0.2) is 0 Å². The Morgan fingerprint density at radius 2 is 1.58 bits per heavy atom. The van der Waals surface area contributed by atoms with E-state index in [9.17, 15) is 4.79 Å². The van der Waals surface area contributed by atoms with E-state index in [1.54, 1.807) is 31.4 Å². The molecule has 0 radical (unpaired) electrons. The molecule has 0 unspecified atom stereocenters. The normalized spacial score (nSPS) is 13.9. The molecule has 0 atom stereocenters. The SMILES string of the molecule is COc1ccccc1N1CCN(c2ccc(=O)n(CCOc3ccccc3Cl)n2)CC1. The van der Waals surface area contributed by atoms with Crippen molar-refractivity contribution in [1.29, 1.82) is 0 Å². The maximum atomic E-state index is 12.2. The number of ether oxygens (including phenoxy) is 2. The summed E-state index contributed by atoms with van der Waals surface area (Å²) in [7, 11) is 1.69. The Hall–Kier alpha value is -3.19. The molecule has 0 saturated carbocycles. The van der Waals surface area contributed by atoms with Crippen molar-refractivity contribution in [3.8, 4) is 11.5 Å². The van der Waals surface area contributed by atoms with E-state index in [0.717, 1.165) is 43.4 Å². The fourth-order valence-electron chi connectivity index (χ4n) is 3.64. The monoisotopic (exact) mass is 440 g/mol. The van der Waals surface area contributed by atoms with Gasteiger partial charge in [0.05, 0.1) is 24.4 Å². The molecular weight excluding hydrogens is 416 g/mol. The summed E-state index contributed by atoms with van der Waals surface area (Å²) in [5, 5.41) is 5.10. The summed E-state index contributed by atoms with van der Waals surface area (Å²) >= 11 is 6.11. The van der Waals surface area contributed by atoms with Gasteiger partial charge in [0.1, 0.15) is 23.9 Å². The van der Waals surface area contributed by atoms with Crippen LogP contribution in [0.1, 0.15) is 0 Å². The maximum absolute atomic E-state index is 12.2. The summed E-state index contributed by atoms with van der Waals surface area (Å²) in [5.41, 5.74) is 0.943. The number of hydrogen-bond donors (Lipinski definition) is 0. The van der Waals surface area contributed by atoms with Gasteiger partial charge in [0, 0.05) is 32.2 Å². The third-order valence-electron chi connectivity index (χ3n) is 5.28. The number of para-hydroxylation sites is 3. The number of nitrogens with zero attached hydrogens (tertiary/aromatic N) is 4. The summed E-state index contributed by atoms with van der Waals surface area (Å²) in [5.74, 6) is 2.26. The summed E-state index contributed by atoms with van der Waals surface area (Å²) in [6, 6.07) is 18.7. The standard InChI is InChI=1S/C23H25ClN4O3/c1-30-21-9-5-3-7-19(21)26-12-14-27(15-13-26)22-10-11-23(29)28(25-22)16-17-31-20-8-4-2-6-18(20)24/h2-11H,12-17H2,1H3. The van der Waals surface area contributed by atoms with Crippen molar-refractivity contribution in [2.75, 3.05) is 49.7 Å². The third-order valence-corrected chi connectivity index (χ3v) is 5.59. The van der Waals surface area contributed by atoms with Crippen LogP contribution in [0.2, 0.25) is 5.02 Å². The number of anilines is 2. The Bertz CT molecular complexity index is 1080. The number of benzene rings is 2. The summed E-state index contributed by atoms with van der Waals surface area (Å²) in [6.45, 7) is 3.95. The van der Waals surface area contributed by atoms with Gasteiger partial charge in [-0.3, -0.25) is 4.79 Å². The molecule has 3 aromatic rings. The number of piperazine rings is 1. The highest BCUT2D eigenvalue weighted by molar-refractivity contribution is 6.32. The van der Waals surface area contributed by atoms with Gasteiger partial charge in [-0.05, 0) is 30.3 Å². The van der Waals surface area contributed by atoms with Gasteiger partial charge in [-0.2, -0.15) is 5.10 Å². The van der Waals surface area contributed by atoms with Crippen molar-refractivity contribution in [2.45, 2.75) is 6.54 Å². The largest absolute Gasteiger partial charge is 0.495 e. The Kier molecular flexibility index (Phi) is 6.62. The number of aromatic nitrogens is 2. The Labute approximate surface area is 186 Å². The minimum Gasteiger partial charge on any atom is -0.495 e. The predicted octanol–water partition coefficient (Wildman–Crippen LogP) is 3.31. The summed E-state index contributed by atoms with van der Waals surface area (Å²) in [6.07, 6.45) is 0. The van der Waals surface area contributed by atoms with E-state index in [1.165, 1.54) is 4.68 Å². The first-order chi connectivity index (χ1) is 15.2. The van der Waals surface area contributed by atoms with Crippen LogP contribution in [-0.2, 0) is 6.54 Å². The molecule has 0 bridgehead atoms. The molecular formula is C23H25ClN4O3. The quantitative estimate of drug-likeness (QED) is 0.561. The fourth-order valence-corrected chi connectivity index (χ4v) is 3.83. The molecule has 2 heterocycles. The van der Waals surface area contributed by atoms with Crippen LogP contribution < -0.4 is 24.8 Å². The van der Waals surface area contributed by atoms with Crippen LogP contribution in [0.3, 0.4) is 0 Å². The van der Waals surface area contributed by atoms with Crippen molar-refractivity contribution >= 4 is 23.1 Å². The van der Waals surface area contributed by atoms with Crippen LogP contribution >= 0.6 is 11.6 Å². The molecule has 1 saturated heterocycles. The lowest BCUT2D eigenvalue weighted by molar-refractivity contribution is 0.288. The van der Waals surface area contributed by atoms with Crippen molar-refractivity contribution in [3.63, 3.8) is 0 Å². The molecule has 31 heavy (non-hydrogen) atoms. The number of halogens is 1. The molecule has 0 aliphatic carbocycles. The van der Waals surface area contributed by atoms with Gasteiger partial charge in [-0.15, -0.1) is 0 Å². The van der Waals surface area contributed by atoms with Crippen molar-refractivity contribution in [1.82, 2.24) is 9.78 Å². The van der Waals surface area contributed by atoms with E-state index < -0.39 is 0 Å². The molecule has 1 aliphatic heterocycles. The zero-order valence-electron chi connectivity index (χ0n) is 17.4. The van der Waals surface area contributed by atoms with Gasteiger partial charge in [0.25, 0.3) is 5.56 Å². The fraction of sp³-hybridized carbons (Fsp3) is 0.304. The highest BCUT2D eigenvalue weighted by atomic mass is 35.5. The lowest BCUT2D eigenvalue weighted by atomic mass is 10.2. The molecule has 1 fully saturated rings. The second kappa shape index (κ2) is 9.75. The van der Waals surface area contributed by atoms with E-state index >= 15 is 0 Å². The number of hydrogen-bond acceptors (Lipinski definition) is 6. The highest BCUT2D eigenvalue weighted by Gasteiger charge is 2.21. The lowest BCUT2D eigenvalue weighted by Gasteiger charge is -2.37. The van der Waals surface area contributed by atoms with Crippen molar-refractivity contribution in [2.24, 2.45) is 0 Å². The summed E-state index contributed by atoms with van der Waals surface area (Å²) in [4.78, 5) is 16.7. The first-order valence-corrected chi connectivity index (χ1v) is 10.6. The average Bonchev–Trinajstić information content (AvgIpc) is 2.81. The van der Waals surface area contributed by atoms with E-state index in [1.807, 2.05) is 30.3 Å². The molecule has 1 aromatic heterocycles.